The van der Waals surface area contributed by atoms with Crippen molar-refractivity contribution in [2.45, 2.75) is 19.4 Å². The number of hydrogen-bond donors (Lipinski definition) is 0. The number of rotatable bonds is 1. The van der Waals surface area contributed by atoms with E-state index in [0.717, 1.165) is 10.6 Å². The molecule has 4 rings (SSSR count). The summed E-state index contributed by atoms with van der Waals surface area (Å²) in [5.41, 5.74) is 0.405. The van der Waals surface area contributed by atoms with Gasteiger partial charge in [0.2, 0.25) is 17.1 Å². The first kappa shape index (κ1) is 17.4. The van der Waals surface area contributed by atoms with E-state index < -0.39 is 23.0 Å². The number of carbonyl (C=O) groups excluding carboxylic acids is 3. The normalized spacial score (nSPS) is 19.9. The predicted molar refractivity (Wildman–Crippen MR) is 102 cm³/mol. The summed E-state index contributed by atoms with van der Waals surface area (Å²) in [6.45, 7) is 3.53. The zero-order valence-electron chi connectivity index (χ0n) is 14.7. The molecule has 1 unspecified atom stereocenters. The van der Waals surface area contributed by atoms with Crippen LogP contribution in [0.25, 0.3) is 0 Å². The quantitative estimate of drug-likeness (QED) is 0.560. The van der Waals surface area contributed by atoms with E-state index in [9.17, 15) is 14.4 Å². The number of fused-ring (bicyclic) bond motifs is 3. The van der Waals surface area contributed by atoms with Gasteiger partial charge in [-0.1, -0.05) is 41.4 Å². The molecule has 0 fully saturated rings. The minimum absolute atomic E-state index is 0.203. The van der Waals surface area contributed by atoms with Gasteiger partial charge in [0.05, 0.1) is 6.21 Å². The maximum Gasteiger partial charge on any atom is 0.268 e. The van der Waals surface area contributed by atoms with Gasteiger partial charge in [0, 0.05) is 33.4 Å². The number of halogens is 1. The van der Waals surface area contributed by atoms with E-state index in [2.05, 4.69) is 5.10 Å². The van der Waals surface area contributed by atoms with E-state index in [1.165, 1.54) is 24.4 Å². The fourth-order valence-electron chi connectivity index (χ4n) is 3.62. The van der Waals surface area contributed by atoms with Crippen LogP contribution in [0.5, 0.6) is 0 Å². The molecule has 0 N–H and O–H groups in total. The molecule has 5 nitrogen and oxygen atoms in total. The smallest absolute Gasteiger partial charge is 0.268 e. The Morgan fingerprint density at radius 3 is 2.52 bits per heavy atom. The number of allylic oxidation sites excluding steroid dienone is 1. The van der Waals surface area contributed by atoms with E-state index in [4.69, 9.17) is 11.6 Å². The van der Waals surface area contributed by atoms with Crippen molar-refractivity contribution in [1.82, 2.24) is 5.01 Å². The second-order valence-corrected chi connectivity index (χ2v) is 7.20. The van der Waals surface area contributed by atoms with Gasteiger partial charge < -0.3 is 0 Å². The van der Waals surface area contributed by atoms with E-state index >= 15 is 0 Å². The monoisotopic (exact) mass is 378 g/mol. The Hall–Kier alpha value is -3.05. The van der Waals surface area contributed by atoms with Crippen LogP contribution in [-0.2, 0) is 10.3 Å². The topological polar surface area (TPSA) is 66.8 Å². The Morgan fingerprint density at radius 1 is 1.07 bits per heavy atom. The molecule has 0 bridgehead atoms. The number of hydrazone groups is 1. The molecular weight excluding hydrogens is 364 g/mol. The van der Waals surface area contributed by atoms with Crippen molar-refractivity contribution in [3.8, 4) is 0 Å². The average molecular weight is 379 g/mol. The Morgan fingerprint density at radius 2 is 1.78 bits per heavy atom. The Labute approximate surface area is 160 Å². The number of hydrogen-bond acceptors (Lipinski definition) is 4. The van der Waals surface area contributed by atoms with E-state index in [1.54, 1.807) is 44.2 Å². The molecule has 1 aliphatic carbocycles. The average Bonchev–Trinajstić information content (AvgIpc) is 2.84. The number of benzene rings is 2. The van der Waals surface area contributed by atoms with Gasteiger partial charge in [-0.3, -0.25) is 14.4 Å². The Kier molecular flexibility index (Phi) is 3.86. The number of carbonyl (C=O) groups is 3. The fourth-order valence-corrected chi connectivity index (χ4v) is 3.79. The Balaban J connectivity index is 2.03. The molecule has 1 spiro atoms. The third-order valence-electron chi connectivity index (χ3n) is 4.73. The summed E-state index contributed by atoms with van der Waals surface area (Å²) >= 11 is 6.05. The van der Waals surface area contributed by atoms with Gasteiger partial charge >= 0.3 is 0 Å². The molecule has 1 aliphatic heterocycles. The third-order valence-corrected chi connectivity index (χ3v) is 4.96. The van der Waals surface area contributed by atoms with Crippen molar-refractivity contribution >= 4 is 35.3 Å². The van der Waals surface area contributed by atoms with Crippen molar-refractivity contribution in [2.75, 3.05) is 0 Å². The van der Waals surface area contributed by atoms with Gasteiger partial charge in [-0.25, -0.2) is 5.01 Å². The van der Waals surface area contributed by atoms with Gasteiger partial charge in [0.1, 0.15) is 0 Å². The molecule has 0 aromatic heterocycles. The summed E-state index contributed by atoms with van der Waals surface area (Å²) in [5, 5.41) is 5.55. The minimum atomic E-state index is -1.85. The minimum Gasteiger partial charge on any atom is -0.290 e. The summed E-state index contributed by atoms with van der Waals surface area (Å²) in [4.78, 5) is 39.9. The highest BCUT2D eigenvalue weighted by Gasteiger charge is 2.61. The second kappa shape index (κ2) is 5.99. The molecule has 27 heavy (non-hydrogen) atoms. The SMILES string of the molecule is CC(C)=CC(=O)N1N=Cc2ccccc2C12C(=O)c1ccc(Cl)cc1C2=O. The molecule has 134 valence electrons. The van der Waals surface area contributed by atoms with Crippen LogP contribution in [0.2, 0.25) is 5.02 Å². The largest absolute Gasteiger partial charge is 0.290 e. The van der Waals surface area contributed by atoms with E-state index in [-0.39, 0.29) is 11.1 Å². The lowest BCUT2D eigenvalue weighted by atomic mass is 9.80. The van der Waals surface area contributed by atoms with Crippen molar-refractivity contribution in [1.29, 1.82) is 0 Å². The first-order chi connectivity index (χ1) is 12.9. The van der Waals surface area contributed by atoms with Crippen LogP contribution in [0.15, 0.2) is 59.2 Å². The van der Waals surface area contributed by atoms with Crippen LogP contribution in [0.4, 0.5) is 0 Å². The number of amides is 1. The molecule has 2 aromatic rings. The van der Waals surface area contributed by atoms with Crippen LogP contribution < -0.4 is 0 Å². The van der Waals surface area contributed by atoms with Crippen LogP contribution >= 0.6 is 11.6 Å². The third kappa shape index (κ3) is 2.32. The van der Waals surface area contributed by atoms with Gasteiger partial charge in [-0.05, 0) is 32.0 Å². The summed E-state index contributed by atoms with van der Waals surface area (Å²) in [6.07, 6.45) is 2.86. The molecule has 1 atom stereocenters. The summed E-state index contributed by atoms with van der Waals surface area (Å²) in [7, 11) is 0. The molecule has 0 saturated carbocycles. The molecule has 2 aromatic carbocycles. The number of ketones is 2. The van der Waals surface area contributed by atoms with Crippen LogP contribution in [0.3, 0.4) is 0 Å². The molecule has 0 radical (unpaired) electrons. The van der Waals surface area contributed by atoms with Crippen molar-refractivity contribution in [3.63, 3.8) is 0 Å². The standard InChI is InChI=1S/C21H15ClN2O3/c1-12(2)9-18(25)24-21(17-6-4-3-5-13(17)11-23-24)19(26)15-8-7-14(22)10-16(15)20(21)27/h3-11H,1-2H3. The molecule has 6 heteroatoms. The zero-order chi connectivity index (χ0) is 19.3. The lowest BCUT2D eigenvalue weighted by molar-refractivity contribution is -0.130. The maximum absolute atomic E-state index is 13.5. The number of nitrogens with zero attached hydrogens (tertiary/aromatic N) is 2. The van der Waals surface area contributed by atoms with Gasteiger partial charge in [-0.15, -0.1) is 0 Å². The van der Waals surface area contributed by atoms with Gasteiger partial charge in [-0.2, -0.15) is 5.10 Å². The molecule has 1 amide bonds. The molecule has 2 aliphatic rings. The Bertz CT molecular complexity index is 1080. The zero-order valence-corrected chi connectivity index (χ0v) is 15.4. The van der Waals surface area contributed by atoms with Crippen LogP contribution in [0.1, 0.15) is 45.7 Å². The maximum atomic E-state index is 13.5. The molecular formula is C21H15ClN2O3. The van der Waals surface area contributed by atoms with Crippen LogP contribution in [-0.4, -0.2) is 28.7 Å². The van der Waals surface area contributed by atoms with Crippen molar-refractivity contribution in [2.24, 2.45) is 5.10 Å². The lowest BCUT2D eigenvalue weighted by Crippen LogP contribution is -2.55. The highest BCUT2D eigenvalue weighted by Crippen LogP contribution is 2.46. The first-order valence-electron chi connectivity index (χ1n) is 8.39. The van der Waals surface area contributed by atoms with Crippen LogP contribution in [0, 0.1) is 0 Å². The van der Waals surface area contributed by atoms with E-state index in [0.29, 0.717) is 16.1 Å². The summed E-state index contributed by atoms with van der Waals surface area (Å²) < 4.78 is 0. The molecule has 1 heterocycles. The second-order valence-electron chi connectivity index (χ2n) is 6.76. The first-order valence-corrected chi connectivity index (χ1v) is 8.77. The fraction of sp³-hybridized carbons (Fsp3) is 0.143. The van der Waals surface area contributed by atoms with E-state index in [1.807, 2.05) is 0 Å². The van der Waals surface area contributed by atoms with Gasteiger partial charge in [0.25, 0.3) is 5.91 Å². The summed E-state index contributed by atoms with van der Waals surface area (Å²) in [5.74, 6) is -1.50. The summed E-state index contributed by atoms with van der Waals surface area (Å²) in [6, 6.07) is 11.5. The number of Topliss-reactive ketones (excluding diaryl/α,β-unsaturated/α-hetero) is 2. The van der Waals surface area contributed by atoms with Crippen molar-refractivity contribution < 1.29 is 14.4 Å². The lowest BCUT2D eigenvalue weighted by Gasteiger charge is -2.37. The predicted octanol–water partition coefficient (Wildman–Crippen LogP) is 3.76. The van der Waals surface area contributed by atoms with Gasteiger partial charge in [0.15, 0.2) is 0 Å². The highest BCUT2D eigenvalue weighted by molar-refractivity contribution is 6.36. The highest BCUT2D eigenvalue weighted by atomic mass is 35.5. The van der Waals surface area contributed by atoms with Crippen molar-refractivity contribution in [3.05, 3.63) is 81.4 Å². The molecule has 0 saturated heterocycles.